The molecule has 1 saturated carbocycles. The quantitative estimate of drug-likeness (QED) is 0.528. The minimum absolute atomic E-state index is 0.0157. The minimum atomic E-state index is -0.478. The van der Waals surface area contributed by atoms with Gasteiger partial charge in [0.15, 0.2) is 6.10 Å². The van der Waals surface area contributed by atoms with Gasteiger partial charge in [0.2, 0.25) is 0 Å². The van der Waals surface area contributed by atoms with Crippen LogP contribution in [0.15, 0.2) is 48.5 Å². The molecule has 0 radical (unpaired) electrons. The largest absolute Gasteiger partial charge is 0.478 e. The highest BCUT2D eigenvalue weighted by Crippen LogP contribution is 2.33. The summed E-state index contributed by atoms with van der Waals surface area (Å²) in [7, 11) is 0. The Balaban J connectivity index is 1.50. The number of carbonyl (C=O) groups excluding carboxylic acids is 1. The van der Waals surface area contributed by atoms with Gasteiger partial charge >= 0.3 is 0 Å². The molecule has 2 fully saturated rings. The van der Waals surface area contributed by atoms with E-state index in [1.165, 1.54) is 38.5 Å². The number of β-lactam (4-membered cyclic amide) rings is 1. The Morgan fingerprint density at radius 1 is 1.03 bits per heavy atom. The number of carbonyl (C=O) groups is 1. The monoisotopic (exact) mass is 412 g/mol. The number of hydrogen-bond acceptors (Lipinski definition) is 3. The Hall–Kier alpha value is -2.04. The van der Waals surface area contributed by atoms with Crippen molar-refractivity contribution in [1.82, 2.24) is 5.32 Å². The molecule has 1 saturated heterocycles. The van der Waals surface area contributed by atoms with E-state index in [0.717, 1.165) is 17.8 Å². The lowest BCUT2D eigenvalue weighted by Crippen LogP contribution is -2.70. The molecule has 1 heterocycles. The van der Waals surface area contributed by atoms with Crippen LogP contribution in [0.2, 0.25) is 5.02 Å². The molecule has 1 amide bonds. The lowest BCUT2D eigenvalue weighted by atomic mass is 9.94. The molecule has 0 bridgehead atoms. The summed E-state index contributed by atoms with van der Waals surface area (Å²) in [6.07, 6.45) is 7.19. The van der Waals surface area contributed by atoms with Crippen molar-refractivity contribution in [2.45, 2.75) is 63.6 Å². The number of nitrogens with one attached hydrogen (secondary N) is 1. The number of hydrogen-bond donors (Lipinski definition) is 1. The van der Waals surface area contributed by atoms with Crippen LogP contribution >= 0.6 is 11.6 Å². The first-order chi connectivity index (χ1) is 14.1. The molecule has 4 rings (SSSR count). The SMILES string of the molecule is Cc1ccccc1N1C(=O)C(Oc2ccc(Cl)cc2)C1CNC1CCCCCC1. The maximum Gasteiger partial charge on any atom is 0.270 e. The van der Waals surface area contributed by atoms with Crippen LogP contribution in [0.1, 0.15) is 44.1 Å². The highest BCUT2D eigenvalue weighted by atomic mass is 35.5. The van der Waals surface area contributed by atoms with Gasteiger partial charge in [-0.1, -0.05) is 55.5 Å². The predicted octanol–water partition coefficient (Wildman–Crippen LogP) is 5.12. The molecule has 0 aromatic heterocycles. The molecule has 0 spiro atoms. The van der Waals surface area contributed by atoms with E-state index in [1.54, 1.807) is 12.1 Å². The van der Waals surface area contributed by atoms with Crippen LogP contribution in [0.25, 0.3) is 0 Å². The second-order valence-electron chi connectivity index (χ2n) is 8.15. The van der Waals surface area contributed by atoms with Gasteiger partial charge in [0.25, 0.3) is 5.91 Å². The van der Waals surface area contributed by atoms with E-state index in [2.05, 4.69) is 5.32 Å². The molecule has 2 unspecified atom stereocenters. The summed E-state index contributed by atoms with van der Waals surface area (Å²) in [4.78, 5) is 15.0. The van der Waals surface area contributed by atoms with Gasteiger partial charge in [0, 0.05) is 23.3 Å². The number of nitrogens with zero attached hydrogens (tertiary/aromatic N) is 1. The van der Waals surface area contributed by atoms with Crippen LogP contribution in [-0.4, -0.2) is 30.6 Å². The van der Waals surface area contributed by atoms with E-state index < -0.39 is 6.10 Å². The fourth-order valence-electron chi connectivity index (χ4n) is 4.41. The summed E-state index contributed by atoms with van der Waals surface area (Å²) in [5.74, 6) is 0.693. The zero-order chi connectivity index (χ0) is 20.2. The van der Waals surface area contributed by atoms with Crippen molar-refractivity contribution in [2.75, 3.05) is 11.4 Å². The molecule has 5 heteroatoms. The van der Waals surface area contributed by atoms with Crippen LogP contribution in [-0.2, 0) is 4.79 Å². The van der Waals surface area contributed by atoms with Gasteiger partial charge in [-0.2, -0.15) is 0 Å². The van der Waals surface area contributed by atoms with Crippen LogP contribution in [0.5, 0.6) is 5.75 Å². The van der Waals surface area contributed by atoms with Gasteiger partial charge in [0.1, 0.15) is 5.75 Å². The molecule has 1 aliphatic carbocycles. The maximum absolute atomic E-state index is 13.0. The van der Waals surface area contributed by atoms with E-state index in [1.807, 2.05) is 48.2 Å². The fourth-order valence-corrected chi connectivity index (χ4v) is 4.53. The second-order valence-corrected chi connectivity index (χ2v) is 8.59. The number of para-hydroxylation sites is 1. The van der Waals surface area contributed by atoms with E-state index in [-0.39, 0.29) is 11.9 Å². The number of rotatable bonds is 6. The van der Waals surface area contributed by atoms with E-state index in [9.17, 15) is 4.79 Å². The fraction of sp³-hybridized carbons (Fsp3) is 0.458. The number of benzene rings is 2. The summed E-state index contributed by atoms with van der Waals surface area (Å²) >= 11 is 5.98. The minimum Gasteiger partial charge on any atom is -0.478 e. The molecule has 2 aromatic carbocycles. The molecule has 2 aromatic rings. The van der Waals surface area contributed by atoms with Crippen molar-refractivity contribution in [3.05, 3.63) is 59.1 Å². The highest BCUT2D eigenvalue weighted by Gasteiger charge is 2.50. The molecule has 2 atom stereocenters. The third-order valence-electron chi connectivity index (χ3n) is 6.08. The number of aryl methyl sites for hydroxylation is 1. The van der Waals surface area contributed by atoms with Crippen LogP contribution in [0.3, 0.4) is 0 Å². The summed E-state index contributed by atoms with van der Waals surface area (Å²) in [5.41, 5.74) is 2.08. The molecule has 2 aliphatic rings. The van der Waals surface area contributed by atoms with E-state index in [4.69, 9.17) is 16.3 Å². The Bertz CT molecular complexity index is 831. The van der Waals surface area contributed by atoms with E-state index >= 15 is 0 Å². The summed E-state index contributed by atoms with van der Waals surface area (Å²) in [6.45, 7) is 2.79. The molecular weight excluding hydrogens is 384 g/mol. The number of ether oxygens (including phenoxy) is 1. The van der Waals surface area contributed by atoms with Gasteiger partial charge in [-0.25, -0.2) is 0 Å². The second kappa shape index (κ2) is 9.19. The Kier molecular flexibility index (Phi) is 6.41. The zero-order valence-electron chi connectivity index (χ0n) is 16.9. The maximum atomic E-state index is 13.0. The highest BCUT2D eigenvalue weighted by molar-refractivity contribution is 6.30. The van der Waals surface area contributed by atoms with Gasteiger partial charge in [-0.05, 0) is 55.7 Å². The Labute approximate surface area is 178 Å². The van der Waals surface area contributed by atoms with Gasteiger partial charge < -0.3 is 15.0 Å². The van der Waals surface area contributed by atoms with Crippen molar-refractivity contribution >= 4 is 23.2 Å². The first-order valence-corrected chi connectivity index (χ1v) is 11.1. The smallest absolute Gasteiger partial charge is 0.270 e. The molecule has 29 heavy (non-hydrogen) atoms. The molecule has 4 nitrogen and oxygen atoms in total. The number of amides is 1. The molecule has 154 valence electrons. The van der Waals surface area contributed by atoms with Crippen LogP contribution in [0.4, 0.5) is 5.69 Å². The van der Waals surface area contributed by atoms with Crippen molar-refractivity contribution in [1.29, 1.82) is 0 Å². The van der Waals surface area contributed by atoms with Crippen LogP contribution in [0, 0.1) is 6.92 Å². The standard InChI is InChI=1S/C24H29ClN2O2/c1-17-8-6-7-11-21(17)27-22(16-26-19-9-4-2-3-5-10-19)23(24(27)28)29-20-14-12-18(25)13-15-20/h6-8,11-15,19,22-23,26H,2-5,9-10,16H2,1H3. The lowest BCUT2D eigenvalue weighted by molar-refractivity contribution is -0.134. The van der Waals surface area contributed by atoms with Gasteiger partial charge in [-0.3, -0.25) is 4.79 Å². The Morgan fingerprint density at radius 2 is 1.72 bits per heavy atom. The first-order valence-electron chi connectivity index (χ1n) is 10.7. The Morgan fingerprint density at radius 3 is 2.41 bits per heavy atom. The van der Waals surface area contributed by atoms with Crippen molar-refractivity contribution in [3.8, 4) is 5.75 Å². The van der Waals surface area contributed by atoms with Gasteiger partial charge in [-0.15, -0.1) is 0 Å². The zero-order valence-corrected chi connectivity index (χ0v) is 17.7. The first kappa shape index (κ1) is 20.2. The van der Waals surface area contributed by atoms with Crippen molar-refractivity contribution in [3.63, 3.8) is 0 Å². The topological polar surface area (TPSA) is 41.6 Å². The normalized spacial score (nSPS) is 22.8. The number of anilines is 1. The molecule has 1 aliphatic heterocycles. The van der Waals surface area contributed by atoms with Gasteiger partial charge in [0.05, 0.1) is 6.04 Å². The number of halogens is 1. The summed E-state index contributed by atoms with van der Waals surface area (Å²) in [6, 6.07) is 15.8. The average molecular weight is 413 g/mol. The molecular formula is C24H29ClN2O2. The summed E-state index contributed by atoms with van der Waals surface area (Å²) < 4.78 is 6.10. The van der Waals surface area contributed by atoms with E-state index in [0.29, 0.717) is 16.8 Å². The third-order valence-corrected chi connectivity index (χ3v) is 6.34. The average Bonchev–Trinajstić information content (AvgIpc) is 3.00. The lowest BCUT2D eigenvalue weighted by Gasteiger charge is -2.47. The van der Waals surface area contributed by atoms with Crippen molar-refractivity contribution < 1.29 is 9.53 Å². The summed E-state index contributed by atoms with van der Waals surface area (Å²) in [5, 5.41) is 4.39. The van der Waals surface area contributed by atoms with Crippen molar-refractivity contribution in [2.24, 2.45) is 0 Å². The third kappa shape index (κ3) is 4.59. The van der Waals surface area contributed by atoms with Crippen LogP contribution < -0.4 is 15.0 Å². The molecule has 1 N–H and O–H groups in total. The predicted molar refractivity (Wildman–Crippen MR) is 118 cm³/mol.